The molecule has 6 heteroatoms. The highest BCUT2D eigenvalue weighted by Crippen LogP contribution is 2.27. The van der Waals surface area contributed by atoms with Gasteiger partial charge in [0.1, 0.15) is 0 Å². The number of nitrogens with two attached hydrogens (primary N) is 2. The Hall–Kier alpha value is -1.47. The predicted octanol–water partition coefficient (Wildman–Crippen LogP) is 2.17. The average Bonchev–Trinajstić information content (AvgIpc) is 2.93. The monoisotopic (exact) mass is 364 g/mol. The molecule has 0 radical (unpaired) electrons. The highest BCUT2D eigenvalue weighted by atomic mass is 32.1. The lowest BCUT2D eigenvalue weighted by molar-refractivity contribution is -0.123. The molecule has 0 unspecified atom stereocenters. The highest BCUT2D eigenvalue weighted by Gasteiger charge is 2.26. The summed E-state index contributed by atoms with van der Waals surface area (Å²) in [6.07, 6.45) is 0.816. The van der Waals surface area contributed by atoms with Crippen LogP contribution in [0.3, 0.4) is 0 Å². The lowest BCUT2D eigenvalue weighted by Crippen LogP contribution is -2.40. The van der Waals surface area contributed by atoms with Crippen LogP contribution in [0.1, 0.15) is 38.7 Å². The Labute approximate surface area is 152 Å². The molecule has 1 amide bonds. The minimum absolute atomic E-state index is 0.217. The first kappa shape index (κ1) is 19.8. The molecule has 6 N–H and O–H groups in total. The second-order valence-electron chi connectivity index (χ2n) is 7.38. The maximum absolute atomic E-state index is 11.7. The first-order valence-electron chi connectivity index (χ1n) is 8.58. The third-order valence-corrected chi connectivity index (χ3v) is 5.56. The van der Waals surface area contributed by atoms with Crippen molar-refractivity contribution < 1.29 is 15.0 Å². The second-order valence-corrected chi connectivity index (χ2v) is 8.29. The van der Waals surface area contributed by atoms with Crippen LogP contribution in [-0.2, 0) is 11.2 Å². The normalized spacial score (nSPS) is 15.9. The van der Waals surface area contributed by atoms with Crippen molar-refractivity contribution >= 4 is 27.3 Å². The molecule has 1 aromatic heterocycles. The van der Waals surface area contributed by atoms with Crippen LogP contribution in [0, 0.1) is 5.92 Å². The third kappa shape index (κ3) is 5.78. The molecule has 2 rings (SSSR count). The van der Waals surface area contributed by atoms with Crippen molar-refractivity contribution in [3.63, 3.8) is 0 Å². The third-order valence-electron chi connectivity index (χ3n) is 4.54. The van der Waals surface area contributed by atoms with Gasteiger partial charge in [0.15, 0.2) is 0 Å². The van der Waals surface area contributed by atoms with Crippen molar-refractivity contribution in [2.75, 3.05) is 0 Å². The molecule has 0 aliphatic heterocycles. The number of carbonyl (C=O) groups is 1. The van der Waals surface area contributed by atoms with Crippen LogP contribution in [0.4, 0.5) is 0 Å². The molecule has 5 nitrogen and oxygen atoms in total. The summed E-state index contributed by atoms with van der Waals surface area (Å²) in [6.45, 7) is 3.38. The molecule has 1 heterocycles. The Morgan fingerprint density at radius 1 is 1.32 bits per heavy atom. The summed E-state index contributed by atoms with van der Waals surface area (Å²) < 4.78 is 1.19. The number of aliphatic hydroxyl groups is 2. The Kier molecular flexibility index (Phi) is 6.57. The zero-order chi connectivity index (χ0) is 18.6. The van der Waals surface area contributed by atoms with Gasteiger partial charge in [-0.3, -0.25) is 4.79 Å². The van der Waals surface area contributed by atoms with E-state index in [2.05, 4.69) is 17.5 Å². The first-order valence-corrected chi connectivity index (χ1v) is 9.46. The van der Waals surface area contributed by atoms with Crippen LogP contribution in [0.15, 0.2) is 29.6 Å². The largest absolute Gasteiger partial charge is 0.391 e. The van der Waals surface area contributed by atoms with E-state index < -0.39 is 29.6 Å². The molecule has 0 aliphatic rings. The zero-order valence-corrected chi connectivity index (χ0v) is 15.6. The molecule has 138 valence electrons. The molecular weight excluding hydrogens is 336 g/mol. The Morgan fingerprint density at radius 2 is 2.00 bits per heavy atom. The van der Waals surface area contributed by atoms with Crippen molar-refractivity contribution in [3.8, 4) is 0 Å². The number of primary amides is 1. The van der Waals surface area contributed by atoms with Gasteiger partial charge in [0.2, 0.25) is 5.91 Å². The number of rotatable bonds is 9. The summed E-state index contributed by atoms with van der Waals surface area (Å²) in [4.78, 5) is 11.7. The number of thiophene rings is 1. The summed E-state index contributed by atoms with van der Waals surface area (Å²) in [5.41, 5.74) is 11.9. The van der Waals surface area contributed by atoms with E-state index in [4.69, 9.17) is 11.5 Å². The number of hydrogen-bond acceptors (Lipinski definition) is 5. The summed E-state index contributed by atoms with van der Waals surface area (Å²) in [5.74, 6) is -0.955. The summed E-state index contributed by atoms with van der Waals surface area (Å²) in [7, 11) is 0. The van der Waals surface area contributed by atoms with Gasteiger partial charge in [-0.15, -0.1) is 11.3 Å². The van der Waals surface area contributed by atoms with Gasteiger partial charge in [0.05, 0.1) is 11.7 Å². The van der Waals surface area contributed by atoms with Crippen LogP contribution in [-0.4, -0.2) is 33.9 Å². The molecule has 0 saturated carbocycles. The number of carbonyl (C=O) groups excluding carboxylic acids is 1. The summed E-state index contributed by atoms with van der Waals surface area (Å²) in [6, 6.07) is 7.63. The van der Waals surface area contributed by atoms with Gasteiger partial charge in [0, 0.05) is 16.7 Å². The van der Waals surface area contributed by atoms with E-state index in [1.165, 1.54) is 4.70 Å². The van der Waals surface area contributed by atoms with Crippen LogP contribution in [0.5, 0.6) is 0 Å². The molecule has 0 aliphatic carbocycles. The quantitative estimate of drug-likeness (QED) is 0.546. The van der Waals surface area contributed by atoms with Gasteiger partial charge < -0.3 is 21.7 Å². The van der Waals surface area contributed by atoms with Gasteiger partial charge >= 0.3 is 0 Å². The van der Waals surface area contributed by atoms with Gasteiger partial charge in [-0.2, -0.15) is 0 Å². The van der Waals surface area contributed by atoms with Crippen molar-refractivity contribution in [1.82, 2.24) is 0 Å². The van der Waals surface area contributed by atoms with Crippen molar-refractivity contribution in [2.24, 2.45) is 17.4 Å². The first-order chi connectivity index (χ1) is 11.7. The smallest absolute Gasteiger partial charge is 0.220 e. The fourth-order valence-electron chi connectivity index (χ4n) is 2.95. The molecular formula is C19H28N2O3S. The molecule has 0 bridgehead atoms. The van der Waals surface area contributed by atoms with E-state index >= 15 is 0 Å². The fraction of sp³-hybridized carbons (Fsp3) is 0.526. The Balaban J connectivity index is 1.98. The number of benzene rings is 1. The van der Waals surface area contributed by atoms with Crippen molar-refractivity contribution in [2.45, 2.75) is 57.3 Å². The van der Waals surface area contributed by atoms with Crippen LogP contribution < -0.4 is 11.5 Å². The maximum atomic E-state index is 11.7. The van der Waals surface area contributed by atoms with Gasteiger partial charge in [0.25, 0.3) is 0 Å². The van der Waals surface area contributed by atoms with E-state index in [1.54, 1.807) is 25.2 Å². The minimum atomic E-state index is -0.865. The number of fused-ring (bicyclic) bond motifs is 1. The summed E-state index contributed by atoms with van der Waals surface area (Å²) in [5, 5.41) is 23.5. The van der Waals surface area contributed by atoms with Gasteiger partial charge in [-0.1, -0.05) is 18.2 Å². The maximum Gasteiger partial charge on any atom is 0.220 e. The molecule has 1 aromatic carbocycles. The molecule has 3 atom stereocenters. The van der Waals surface area contributed by atoms with Crippen molar-refractivity contribution in [3.05, 3.63) is 35.2 Å². The van der Waals surface area contributed by atoms with Crippen LogP contribution in [0.25, 0.3) is 10.1 Å². The van der Waals surface area contributed by atoms with Crippen LogP contribution in [0.2, 0.25) is 0 Å². The molecule has 25 heavy (non-hydrogen) atoms. The standard InChI is InChI=1S/C19H28N2O3S/c1-19(2,24)8-7-12(18(21)23)10-16(22)15(20)9-13-11-25-17-6-4-3-5-14(13)17/h3-6,11-12,15-16,22,24H,7-10,20H2,1-2H3,(H2,21,23)/t12-,15+,16+/m1/s1. The summed E-state index contributed by atoms with van der Waals surface area (Å²) >= 11 is 1.66. The van der Waals surface area contributed by atoms with Gasteiger partial charge in [-0.25, -0.2) is 0 Å². The SMILES string of the molecule is CC(C)(O)CC[C@H](C[C@H](O)[C@@H](N)Cc1csc2ccccc12)C(N)=O. The lowest BCUT2D eigenvalue weighted by atomic mass is 9.88. The number of aliphatic hydroxyl groups excluding tert-OH is 1. The van der Waals surface area contributed by atoms with E-state index in [9.17, 15) is 15.0 Å². The second kappa shape index (κ2) is 8.27. The van der Waals surface area contributed by atoms with E-state index in [1.807, 2.05) is 12.1 Å². The van der Waals surface area contributed by atoms with Crippen LogP contribution >= 0.6 is 11.3 Å². The Bertz CT molecular complexity index is 708. The van der Waals surface area contributed by atoms with E-state index in [-0.39, 0.29) is 6.42 Å². The lowest BCUT2D eigenvalue weighted by Gasteiger charge is -2.25. The minimum Gasteiger partial charge on any atom is -0.391 e. The zero-order valence-electron chi connectivity index (χ0n) is 14.8. The number of amides is 1. The Morgan fingerprint density at radius 3 is 2.64 bits per heavy atom. The topological polar surface area (TPSA) is 110 Å². The predicted molar refractivity (Wildman–Crippen MR) is 102 cm³/mol. The highest BCUT2D eigenvalue weighted by molar-refractivity contribution is 7.17. The van der Waals surface area contributed by atoms with Gasteiger partial charge in [-0.05, 0) is 61.9 Å². The van der Waals surface area contributed by atoms with Crippen molar-refractivity contribution in [1.29, 1.82) is 0 Å². The molecule has 0 fully saturated rings. The van der Waals surface area contributed by atoms with E-state index in [0.29, 0.717) is 19.3 Å². The molecule has 2 aromatic rings. The molecule has 0 saturated heterocycles. The van der Waals surface area contributed by atoms with E-state index in [0.717, 1.165) is 10.9 Å². The number of hydrogen-bond donors (Lipinski definition) is 4. The fourth-order valence-corrected chi connectivity index (χ4v) is 3.93. The molecule has 0 spiro atoms. The average molecular weight is 365 g/mol.